The minimum absolute atomic E-state index is 0.0498. The average molecular weight is 423 g/mol. The number of halogens is 1. The average Bonchev–Trinajstić information content (AvgIpc) is 3.23. The molecule has 1 aliphatic rings. The summed E-state index contributed by atoms with van der Waals surface area (Å²) in [7, 11) is 1.57. The van der Waals surface area contributed by atoms with Crippen molar-refractivity contribution in [2.75, 3.05) is 38.2 Å². The monoisotopic (exact) mass is 422 g/mol. The van der Waals surface area contributed by atoms with Gasteiger partial charge in [-0.05, 0) is 36.4 Å². The Hall–Kier alpha value is -3.50. The van der Waals surface area contributed by atoms with E-state index in [1.165, 1.54) is 0 Å². The predicted octanol–water partition coefficient (Wildman–Crippen LogP) is 3.84. The van der Waals surface area contributed by atoms with Crippen LogP contribution in [0.2, 0.25) is 5.02 Å². The fourth-order valence-corrected chi connectivity index (χ4v) is 3.59. The highest BCUT2D eigenvalue weighted by Crippen LogP contribution is 2.30. The third kappa shape index (κ3) is 3.95. The molecule has 2 heterocycles. The zero-order valence-corrected chi connectivity index (χ0v) is 17.1. The van der Waals surface area contributed by atoms with Crippen molar-refractivity contribution in [2.45, 2.75) is 0 Å². The molecule has 0 spiro atoms. The fraction of sp³-hybridized carbons (Fsp3) is 0.227. The number of oxazole rings is 1. The lowest BCUT2D eigenvalue weighted by Gasteiger charge is -2.34. The van der Waals surface area contributed by atoms with E-state index in [-0.39, 0.29) is 11.6 Å². The van der Waals surface area contributed by atoms with Crippen molar-refractivity contribution in [3.63, 3.8) is 0 Å². The third-order valence-electron chi connectivity index (χ3n) is 4.96. The van der Waals surface area contributed by atoms with Gasteiger partial charge in [-0.15, -0.1) is 0 Å². The molecule has 1 aliphatic heterocycles. The van der Waals surface area contributed by atoms with Crippen LogP contribution in [0.3, 0.4) is 0 Å². The molecule has 0 atom stereocenters. The number of hydrogen-bond acceptors (Lipinski definition) is 6. The van der Waals surface area contributed by atoms with E-state index in [4.69, 9.17) is 20.8 Å². The molecule has 0 radical (unpaired) electrons. The molecule has 1 aromatic heterocycles. The maximum Gasteiger partial charge on any atom is 0.254 e. The van der Waals surface area contributed by atoms with Crippen LogP contribution in [0, 0.1) is 11.3 Å². The molecule has 8 heteroatoms. The molecule has 1 amide bonds. The summed E-state index contributed by atoms with van der Waals surface area (Å²) in [5.41, 5.74) is 1.51. The molecule has 3 aromatic rings. The molecule has 0 bridgehead atoms. The summed E-state index contributed by atoms with van der Waals surface area (Å²) >= 11 is 6.05. The SMILES string of the molecule is COc1cccc(C(=O)N2CCN(c3oc(-c4cccc(Cl)c4)nc3C#N)CC2)c1. The first-order chi connectivity index (χ1) is 14.6. The van der Waals surface area contributed by atoms with E-state index in [0.29, 0.717) is 59.9 Å². The van der Waals surface area contributed by atoms with Gasteiger partial charge in [0, 0.05) is 42.3 Å². The van der Waals surface area contributed by atoms with Gasteiger partial charge < -0.3 is 19.0 Å². The van der Waals surface area contributed by atoms with Crippen molar-refractivity contribution >= 4 is 23.4 Å². The third-order valence-corrected chi connectivity index (χ3v) is 5.19. The topological polar surface area (TPSA) is 82.6 Å². The van der Waals surface area contributed by atoms with Crippen LogP contribution >= 0.6 is 11.6 Å². The molecule has 152 valence electrons. The van der Waals surface area contributed by atoms with Gasteiger partial charge in [-0.1, -0.05) is 23.7 Å². The first-order valence-electron chi connectivity index (χ1n) is 9.44. The number of piperazine rings is 1. The van der Waals surface area contributed by atoms with E-state index in [1.54, 1.807) is 54.5 Å². The molecule has 1 saturated heterocycles. The first kappa shape index (κ1) is 19.8. The Morgan fingerprint density at radius 1 is 1.17 bits per heavy atom. The van der Waals surface area contributed by atoms with Crippen LogP contribution in [-0.2, 0) is 0 Å². The van der Waals surface area contributed by atoms with Crippen LogP contribution in [-0.4, -0.2) is 49.1 Å². The Labute approximate surface area is 179 Å². The summed E-state index contributed by atoms with van der Waals surface area (Å²) in [5, 5.41) is 10.1. The van der Waals surface area contributed by atoms with E-state index in [0.717, 1.165) is 0 Å². The highest BCUT2D eigenvalue weighted by Gasteiger charge is 2.27. The zero-order chi connectivity index (χ0) is 21.1. The Balaban J connectivity index is 1.49. The molecule has 2 aromatic carbocycles. The summed E-state index contributed by atoms with van der Waals surface area (Å²) in [6.45, 7) is 2.09. The number of carbonyl (C=O) groups is 1. The molecular weight excluding hydrogens is 404 g/mol. The quantitative estimate of drug-likeness (QED) is 0.635. The van der Waals surface area contributed by atoms with Gasteiger partial charge in [-0.3, -0.25) is 4.79 Å². The Morgan fingerprint density at radius 3 is 2.63 bits per heavy atom. The van der Waals surface area contributed by atoms with Gasteiger partial charge in [0.25, 0.3) is 5.91 Å². The van der Waals surface area contributed by atoms with Gasteiger partial charge in [0.05, 0.1) is 7.11 Å². The molecule has 4 rings (SSSR count). The van der Waals surface area contributed by atoms with E-state index in [2.05, 4.69) is 11.1 Å². The minimum Gasteiger partial charge on any atom is -0.497 e. The Morgan fingerprint density at radius 2 is 1.93 bits per heavy atom. The molecule has 0 saturated carbocycles. The largest absolute Gasteiger partial charge is 0.497 e. The summed E-state index contributed by atoms with van der Waals surface area (Å²) in [5.74, 6) is 1.36. The highest BCUT2D eigenvalue weighted by atomic mass is 35.5. The van der Waals surface area contributed by atoms with Gasteiger partial charge in [0.2, 0.25) is 17.5 Å². The Kier molecular flexibility index (Phi) is 5.59. The first-order valence-corrected chi connectivity index (χ1v) is 9.82. The van der Waals surface area contributed by atoms with Gasteiger partial charge >= 0.3 is 0 Å². The zero-order valence-electron chi connectivity index (χ0n) is 16.3. The van der Waals surface area contributed by atoms with Gasteiger partial charge in [0.1, 0.15) is 11.8 Å². The second-order valence-corrected chi connectivity index (χ2v) is 7.24. The number of nitriles is 1. The van der Waals surface area contributed by atoms with Crippen molar-refractivity contribution in [3.05, 3.63) is 64.8 Å². The van der Waals surface area contributed by atoms with E-state index >= 15 is 0 Å². The highest BCUT2D eigenvalue weighted by molar-refractivity contribution is 6.30. The number of methoxy groups -OCH3 is 1. The van der Waals surface area contributed by atoms with Crippen LogP contribution < -0.4 is 9.64 Å². The molecule has 30 heavy (non-hydrogen) atoms. The molecule has 1 fully saturated rings. The predicted molar refractivity (Wildman–Crippen MR) is 113 cm³/mol. The summed E-state index contributed by atoms with van der Waals surface area (Å²) < 4.78 is 11.1. The van der Waals surface area contributed by atoms with Gasteiger partial charge in [-0.25, -0.2) is 0 Å². The maximum atomic E-state index is 12.8. The van der Waals surface area contributed by atoms with Crippen LogP contribution in [0.5, 0.6) is 5.75 Å². The summed E-state index contributed by atoms with van der Waals surface area (Å²) in [4.78, 5) is 20.8. The number of hydrogen-bond donors (Lipinski definition) is 0. The molecule has 0 unspecified atom stereocenters. The minimum atomic E-state index is -0.0498. The van der Waals surface area contributed by atoms with Crippen LogP contribution in [0.4, 0.5) is 5.88 Å². The number of aromatic nitrogens is 1. The van der Waals surface area contributed by atoms with Crippen molar-refractivity contribution in [3.8, 4) is 23.3 Å². The molecule has 0 aliphatic carbocycles. The number of amides is 1. The maximum absolute atomic E-state index is 12.8. The molecule has 0 N–H and O–H groups in total. The summed E-state index contributed by atoms with van der Waals surface area (Å²) in [6.07, 6.45) is 0. The van der Waals surface area contributed by atoms with Gasteiger partial charge in [0.15, 0.2) is 0 Å². The molecule has 7 nitrogen and oxygen atoms in total. The van der Waals surface area contributed by atoms with Crippen LogP contribution in [0.15, 0.2) is 52.9 Å². The number of benzene rings is 2. The second kappa shape index (κ2) is 8.47. The standard InChI is InChI=1S/C22H19ClN4O3/c1-29-18-7-3-5-16(13-18)21(28)26-8-10-27(11-9-26)22-19(14-24)25-20(30-22)15-4-2-6-17(23)12-15/h2-7,12-13H,8-11H2,1H3. The normalized spacial score (nSPS) is 13.8. The second-order valence-electron chi connectivity index (χ2n) is 6.81. The van der Waals surface area contributed by atoms with Crippen LogP contribution in [0.25, 0.3) is 11.5 Å². The number of rotatable bonds is 4. The lowest BCUT2D eigenvalue weighted by molar-refractivity contribution is 0.0745. The van der Waals surface area contributed by atoms with Crippen molar-refractivity contribution in [1.29, 1.82) is 5.26 Å². The van der Waals surface area contributed by atoms with Crippen molar-refractivity contribution < 1.29 is 13.9 Å². The lowest BCUT2D eigenvalue weighted by atomic mass is 10.1. The Bertz CT molecular complexity index is 1110. The van der Waals surface area contributed by atoms with Crippen molar-refractivity contribution in [2.24, 2.45) is 0 Å². The number of carbonyl (C=O) groups excluding carboxylic acids is 1. The molecular formula is C22H19ClN4O3. The van der Waals surface area contributed by atoms with E-state index in [9.17, 15) is 10.1 Å². The van der Waals surface area contributed by atoms with Crippen LogP contribution in [0.1, 0.15) is 16.1 Å². The number of ether oxygens (including phenoxy) is 1. The van der Waals surface area contributed by atoms with E-state index < -0.39 is 0 Å². The van der Waals surface area contributed by atoms with Crippen molar-refractivity contribution in [1.82, 2.24) is 9.88 Å². The van der Waals surface area contributed by atoms with E-state index in [1.807, 2.05) is 11.0 Å². The number of nitrogens with zero attached hydrogens (tertiary/aromatic N) is 4. The number of anilines is 1. The summed E-state index contributed by atoms with van der Waals surface area (Å²) in [6, 6.07) is 16.3. The fourth-order valence-electron chi connectivity index (χ4n) is 3.40. The van der Waals surface area contributed by atoms with Gasteiger partial charge in [-0.2, -0.15) is 10.2 Å². The smallest absolute Gasteiger partial charge is 0.254 e. The lowest BCUT2D eigenvalue weighted by Crippen LogP contribution is -2.48.